The summed E-state index contributed by atoms with van der Waals surface area (Å²) in [5, 5.41) is 11.0. The maximum atomic E-state index is 11.3. The molecule has 1 aliphatic heterocycles. The third-order valence-corrected chi connectivity index (χ3v) is 2.61. The molecule has 0 atom stereocenters. The highest BCUT2D eigenvalue weighted by Crippen LogP contribution is 2.06. The molecule has 1 aromatic heterocycles. The van der Waals surface area contributed by atoms with Gasteiger partial charge in [-0.25, -0.2) is 0 Å². The first-order valence-electron chi connectivity index (χ1n) is 5.21. The van der Waals surface area contributed by atoms with E-state index in [9.17, 15) is 4.79 Å². The van der Waals surface area contributed by atoms with E-state index < -0.39 is 0 Å². The van der Waals surface area contributed by atoms with Crippen molar-refractivity contribution in [3.05, 3.63) is 23.0 Å². The number of carbonyl (C=O) groups is 1. The molecular formula is C10H13ClN4O. The third kappa shape index (κ3) is 3.15. The summed E-state index contributed by atoms with van der Waals surface area (Å²) in [5.41, 5.74) is 0.833. The minimum atomic E-state index is 0.0689. The molecule has 5 nitrogen and oxygen atoms in total. The van der Waals surface area contributed by atoms with E-state index in [1.807, 2.05) is 6.07 Å². The first-order chi connectivity index (χ1) is 7.74. The summed E-state index contributed by atoms with van der Waals surface area (Å²) < 4.78 is 0. The maximum absolute atomic E-state index is 11.3. The monoisotopic (exact) mass is 240 g/mol. The molecule has 2 rings (SSSR count). The molecule has 86 valence electrons. The van der Waals surface area contributed by atoms with E-state index in [4.69, 9.17) is 11.6 Å². The molecule has 1 aromatic rings. The van der Waals surface area contributed by atoms with E-state index >= 15 is 0 Å². The largest absolute Gasteiger partial charge is 0.355 e. The van der Waals surface area contributed by atoms with Gasteiger partial charge in [-0.05, 0) is 18.6 Å². The average molecular weight is 241 g/mol. The van der Waals surface area contributed by atoms with Gasteiger partial charge in [-0.15, -0.1) is 5.10 Å². The van der Waals surface area contributed by atoms with Crippen molar-refractivity contribution in [2.75, 3.05) is 19.6 Å². The molecule has 1 saturated heterocycles. The highest BCUT2D eigenvalue weighted by atomic mass is 35.5. The van der Waals surface area contributed by atoms with Crippen LogP contribution in [0.1, 0.15) is 12.1 Å². The normalized spacial score (nSPS) is 17.9. The Morgan fingerprint density at radius 3 is 3.06 bits per heavy atom. The highest BCUT2D eigenvalue weighted by Gasteiger charge is 2.15. The minimum absolute atomic E-state index is 0.0689. The molecule has 0 unspecified atom stereocenters. The number of nitrogens with zero attached hydrogens (tertiary/aromatic N) is 3. The summed E-state index contributed by atoms with van der Waals surface area (Å²) in [4.78, 5) is 13.4. The predicted octanol–water partition coefficient (Wildman–Crippen LogP) is 0.452. The van der Waals surface area contributed by atoms with Gasteiger partial charge < -0.3 is 5.32 Å². The molecule has 0 aromatic carbocycles. The van der Waals surface area contributed by atoms with E-state index in [-0.39, 0.29) is 5.91 Å². The van der Waals surface area contributed by atoms with E-state index in [1.54, 1.807) is 6.07 Å². The summed E-state index contributed by atoms with van der Waals surface area (Å²) in [6.07, 6.45) is 0.965. The number of rotatable bonds is 2. The molecule has 1 amide bonds. The summed E-state index contributed by atoms with van der Waals surface area (Å²) in [6.45, 7) is 2.70. The number of hydrogen-bond donors (Lipinski definition) is 1. The van der Waals surface area contributed by atoms with Crippen LogP contribution in [0, 0.1) is 0 Å². The number of aromatic nitrogens is 2. The van der Waals surface area contributed by atoms with Crippen LogP contribution in [0.5, 0.6) is 0 Å². The summed E-state index contributed by atoms with van der Waals surface area (Å²) in [6, 6.07) is 3.54. The lowest BCUT2D eigenvalue weighted by Crippen LogP contribution is -2.32. The molecular weight excluding hydrogens is 228 g/mol. The average Bonchev–Trinajstić information content (AvgIpc) is 2.46. The standard InChI is InChI=1S/C10H13ClN4O/c11-9-3-2-8(13-14-9)6-15-5-1-4-12-10(16)7-15/h2-3H,1,4-7H2,(H,12,16). The highest BCUT2D eigenvalue weighted by molar-refractivity contribution is 6.29. The van der Waals surface area contributed by atoms with Crippen LogP contribution in [0.25, 0.3) is 0 Å². The second-order valence-electron chi connectivity index (χ2n) is 3.76. The van der Waals surface area contributed by atoms with Crippen LogP contribution >= 0.6 is 11.6 Å². The van der Waals surface area contributed by atoms with E-state index in [2.05, 4.69) is 20.4 Å². The van der Waals surface area contributed by atoms with Crippen LogP contribution in [0.3, 0.4) is 0 Å². The SMILES string of the molecule is O=C1CN(Cc2ccc(Cl)nn2)CCCN1. The van der Waals surface area contributed by atoms with Crippen molar-refractivity contribution in [2.45, 2.75) is 13.0 Å². The molecule has 0 aliphatic carbocycles. The zero-order valence-corrected chi connectivity index (χ0v) is 9.57. The van der Waals surface area contributed by atoms with Crippen LogP contribution in [-0.2, 0) is 11.3 Å². The predicted molar refractivity (Wildman–Crippen MR) is 59.9 cm³/mol. The van der Waals surface area contributed by atoms with Crippen molar-refractivity contribution < 1.29 is 4.79 Å². The van der Waals surface area contributed by atoms with Crippen LogP contribution in [0.2, 0.25) is 5.15 Å². The molecule has 1 aliphatic rings. The van der Waals surface area contributed by atoms with Crippen LogP contribution in [0.15, 0.2) is 12.1 Å². The van der Waals surface area contributed by atoms with Gasteiger partial charge >= 0.3 is 0 Å². The number of amides is 1. The smallest absolute Gasteiger partial charge is 0.234 e. The minimum Gasteiger partial charge on any atom is -0.355 e. The number of nitrogens with one attached hydrogen (secondary N) is 1. The van der Waals surface area contributed by atoms with Gasteiger partial charge in [0.25, 0.3) is 0 Å². The van der Waals surface area contributed by atoms with Crippen LogP contribution in [-0.4, -0.2) is 40.6 Å². The summed E-state index contributed by atoms with van der Waals surface area (Å²) in [7, 11) is 0. The summed E-state index contributed by atoms with van der Waals surface area (Å²) in [5.74, 6) is 0.0689. The van der Waals surface area contributed by atoms with Gasteiger partial charge in [-0.1, -0.05) is 11.6 Å². The van der Waals surface area contributed by atoms with Gasteiger partial charge in [0, 0.05) is 19.6 Å². The Bertz CT molecular complexity index is 368. The zero-order valence-electron chi connectivity index (χ0n) is 8.82. The van der Waals surface area contributed by atoms with Crippen molar-refractivity contribution in [1.82, 2.24) is 20.4 Å². The Morgan fingerprint density at radius 2 is 2.31 bits per heavy atom. The Morgan fingerprint density at radius 1 is 1.44 bits per heavy atom. The second kappa shape index (κ2) is 5.23. The van der Waals surface area contributed by atoms with Crippen LogP contribution < -0.4 is 5.32 Å². The van der Waals surface area contributed by atoms with Crippen molar-refractivity contribution in [1.29, 1.82) is 0 Å². The van der Waals surface area contributed by atoms with Crippen molar-refractivity contribution >= 4 is 17.5 Å². The molecule has 0 spiro atoms. The third-order valence-electron chi connectivity index (χ3n) is 2.41. The lowest BCUT2D eigenvalue weighted by Gasteiger charge is -2.17. The first-order valence-corrected chi connectivity index (χ1v) is 5.59. The lowest BCUT2D eigenvalue weighted by atomic mass is 10.3. The molecule has 6 heteroatoms. The van der Waals surface area contributed by atoms with Gasteiger partial charge in [0.15, 0.2) is 5.15 Å². The summed E-state index contributed by atoms with van der Waals surface area (Å²) >= 11 is 5.65. The molecule has 0 bridgehead atoms. The molecule has 1 N–H and O–H groups in total. The lowest BCUT2D eigenvalue weighted by molar-refractivity contribution is -0.121. The fourth-order valence-electron chi connectivity index (χ4n) is 1.66. The number of carbonyl (C=O) groups excluding carboxylic acids is 1. The topological polar surface area (TPSA) is 58.1 Å². The Labute approximate surface area is 98.8 Å². The second-order valence-corrected chi connectivity index (χ2v) is 4.15. The zero-order chi connectivity index (χ0) is 11.4. The van der Waals surface area contributed by atoms with Gasteiger partial charge in [0.1, 0.15) is 0 Å². The van der Waals surface area contributed by atoms with Crippen LogP contribution in [0.4, 0.5) is 0 Å². The molecule has 0 saturated carbocycles. The van der Waals surface area contributed by atoms with Crippen molar-refractivity contribution in [3.8, 4) is 0 Å². The van der Waals surface area contributed by atoms with Crippen molar-refractivity contribution in [2.24, 2.45) is 0 Å². The fraction of sp³-hybridized carbons (Fsp3) is 0.500. The maximum Gasteiger partial charge on any atom is 0.234 e. The Kier molecular flexibility index (Phi) is 3.69. The Hall–Kier alpha value is -1.20. The first kappa shape index (κ1) is 11.3. The number of hydrogen-bond acceptors (Lipinski definition) is 4. The quantitative estimate of drug-likeness (QED) is 0.816. The van der Waals surface area contributed by atoms with E-state index in [0.29, 0.717) is 18.2 Å². The molecule has 16 heavy (non-hydrogen) atoms. The van der Waals surface area contributed by atoms with Gasteiger partial charge in [0.05, 0.1) is 12.2 Å². The van der Waals surface area contributed by atoms with E-state index in [0.717, 1.165) is 25.2 Å². The molecule has 2 heterocycles. The van der Waals surface area contributed by atoms with Crippen molar-refractivity contribution in [3.63, 3.8) is 0 Å². The Balaban J connectivity index is 1.97. The van der Waals surface area contributed by atoms with Gasteiger partial charge in [-0.2, -0.15) is 5.10 Å². The molecule has 0 radical (unpaired) electrons. The van der Waals surface area contributed by atoms with Gasteiger partial charge in [0.2, 0.25) is 5.91 Å². The fourth-order valence-corrected chi connectivity index (χ4v) is 1.76. The molecule has 1 fully saturated rings. The van der Waals surface area contributed by atoms with Gasteiger partial charge in [-0.3, -0.25) is 9.69 Å². The van der Waals surface area contributed by atoms with E-state index in [1.165, 1.54) is 0 Å². The number of halogens is 1.